The summed E-state index contributed by atoms with van der Waals surface area (Å²) in [5, 5.41) is 0. The molecule has 0 spiro atoms. The van der Waals surface area contributed by atoms with Gasteiger partial charge in [0, 0.05) is 25.9 Å². The number of likely N-dealkylation sites (N-methyl/N-ethyl adjacent to an activating group) is 1. The molecule has 6 nitrogen and oxygen atoms in total. The van der Waals surface area contributed by atoms with Gasteiger partial charge in [0.1, 0.15) is 12.4 Å². The second kappa shape index (κ2) is 8.61. The van der Waals surface area contributed by atoms with E-state index >= 15 is 0 Å². The maximum atomic E-state index is 12.1. The Kier molecular flexibility index (Phi) is 5.74. The molecular weight excluding hydrogens is 378 g/mol. The molecule has 1 atom stereocenters. The van der Waals surface area contributed by atoms with Crippen molar-refractivity contribution in [2.24, 2.45) is 0 Å². The van der Waals surface area contributed by atoms with Gasteiger partial charge in [-0.1, -0.05) is 24.3 Å². The molecule has 1 aliphatic rings. The predicted octanol–water partition coefficient (Wildman–Crippen LogP) is 3.80. The highest BCUT2D eigenvalue weighted by Gasteiger charge is 2.31. The van der Waals surface area contributed by atoms with Gasteiger partial charge in [-0.25, -0.2) is 4.98 Å². The number of amides is 1. The number of hydrogen-bond acceptors (Lipinski definition) is 4. The van der Waals surface area contributed by atoms with Gasteiger partial charge in [-0.05, 0) is 36.2 Å². The van der Waals surface area contributed by atoms with Crippen molar-refractivity contribution in [3.8, 4) is 11.5 Å². The molecule has 1 unspecified atom stereocenters. The van der Waals surface area contributed by atoms with Crippen LogP contribution in [0.5, 0.6) is 11.5 Å². The topological polar surface area (TPSA) is 56.6 Å². The minimum atomic E-state index is 0.0997. The first-order valence-electron chi connectivity index (χ1n) is 10.2. The Balaban J connectivity index is 1.55. The molecule has 0 saturated carbocycles. The first-order valence-corrected chi connectivity index (χ1v) is 10.2. The van der Waals surface area contributed by atoms with Gasteiger partial charge < -0.3 is 18.9 Å². The molecule has 2 aromatic carbocycles. The van der Waals surface area contributed by atoms with E-state index in [0.717, 1.165) is 28.8 Å². The number of benzene rings is 2. The van der Waals surface area contributed by atoms with Crippen molar-refractivity contribution in [1.29, 1.82) is 0 Å². The molecule has 0 N–H and O–H groups in total. The van der Waals surface area contributed by atoms with Gasteiger partial charge >= 0.3 is 0 Å². The summed E-state index contributed by atoms with van der Waals surface area (Å²) in [7, 11) is 3.50. The fourth-order valence-electron chi connectivity index (χ4n) is 4.05. The molecule has 1 fully saturated rings. The van der Waals surface area contributed by atoms with E-state index in [1.54, 1.807) is 12.0 Å². The van der Waals surface area contributed by atoms with Crippen LogP contribution in [0.1, 0.15) is 23.7 Å². The standard InChI is InChI=1S/C24H27N3O3/c1-4-7-17-10-11-21(22(14-17)29-3)30-13-12-27-20-9-6-5-8-19(20)25-24(27)18-15-23(28)26(2)16-18/h4-6,8-11,14,18H,1,7,12-13,15-16H2,2-3H3. The lowest BCUT2D eigenvalue weighted by molar-refractivity contribution is -0.126. The molecule has 4 rings (SSSR count). The number of imidazole rings is 1. The monoisotopic (exact) mass is 405 g/mol. The lowest BCUT2D eigenvalue weighted by atomic mass is 10.1. The second-order valence-corrected chi connectivity index (χ2v) is 7.61. The fraction of sp³-hybridized carbons (Fsp3) is 0.333. The lowest BCUT2D eigenvalue weighted by Gasteiger charge is -2.16. The minimum absolute atomic E-state index is 0.0997. The molecule has 30 heavy (non-hydrogen) atoms. The van der Waals surface area contributed by atoms with Gasteiger partial charge in [-0.3, -0.25) is 4.79 Å². The van der Waals surface area contributed by atoms with Crippen molar-refractivity contribution in [3.63, 3.8) is 0 Å². The number of carbonyl (C=O) groups is 1. The van der Waals surface area contributed by atoms with Crippen LogP contribution in [0, 0.1) is 0 Å². The molecule has 3 aromatic rings. The van der Waals surface area contributed by atoms with Crippen LogP contribution in [0.4, 0.5) is 0 Å². The molecule has 1 aromatic heterocycles. The van der Waals surface area contributed by atoms with Gasteiger partial charge in [0.25, 0.3) is 0 Å². The number of nitrogens with zero attached hydrogens (tertiary/aromatic N) is 3. The van der Waals surface area contributed by atoms with Crippen LogP contribution < -0.4 is 9.47 Å². The number of likely N-dealkylation sites (tertiary alicyclic amines) is 1. The van der Waals surface area contributed by atoms with Crippen molar-refractivity contribution in [1.82, 2.24) is 14.5 Å². The maximum Gasteiger partial charge on any atom is 0.223 e. The average Bonchev–Trinajstić information content (AvgIpc) is 3.29. The fourth-order valence-corrected chi connectivity index (χ4v) is 4.05. The minimum Gasteiger partial charge on any atom is -0.493 e. The van der Waals surface area contributed by atoms with Crippen LogP contribution in [0.15, 0.2) is 55.1 Å². The predicted molar refractivity (Wildman–Crippen MR) is 117 cm³/mol. The number of fused-ring (bicyclic) bond motifs is 1. The van der Waals surface area contributed by atoms with Crippen molar-refractivity contribution < 1.29 is 14.3 Å². The second-order valence-electron chi connectivity index (χ2n) is 7.61. The maximum absolute atomic E-state index is 12.1. The van der Waals surface area contributed by atoms with Gasteiger partial charge in [0.15, 0.2) is 11.5 Å². The third-order valence-electron chi connectivity index (χ3n) is 5.57. The van der Waals surface area contributed by atoms with Crippen LogP contribution in [-0.2, 0) is 17.8 Å². The molecule has 0 aliphatic carbocycles. The highest BCUT2D eigenvalue weighted by molar-refractivity contribution is 5.80. The Labute approximate surface area is 176 Å². The Bertz CT molecular complexity index is 1070. The first kappa shape index (κ1) is 20.0. The summed E-state index contributed by atoms with van der Waals surface area (Å²) >= 11 is 0. The number of allylic oxidation sites excluding steroid dienone is 1. The van der Waals surface area contributed by atoms with Crippen LogP contribution in [-0.4, -0.2) is 47.7 Å². The van der Waals surface area contributed by atoms with Gasteiger partial charge in [0.05, 0.1) is 24.7 Å². The number of aromatic nitrogens is 2. The molecule has 2 heterocycles. The van der Waals surface area contributed by atoms with E-state index in [0.29, 0.717) is 37.6 Å². The van der Waals surface area contributed by atoms with Gasteiger partial charge in [-0.2, -0.15) is 0 Å². The van der Waals surface area contributed by atoms with Gasteiger partial charge in [-0.15, -0.1) is 6.58 Å². The number of carbonyl (C=O) groups excluding carboxylic acids is 1. The van der Waals surface area contributed by atoms with Crippen molar-refractivity contribution in [2.45, 2.75) is 25.3 Å². The highest BCUT2D eigenvalue weighted by Crippen LogP contribution is 2.31. The Morgan fingerprint density at radius 3 is 2.80 bits per heavy atom. The molecular formula is C24H27N3O3. The summed E-state index contributed by atoms with van der Waals surface area (Å²) in [6, 6.07) is 14.0. The third kappa shape index (κ3) is 3.90. The zero-order chi connectivity index (χ0) is 21.1. The SMILES string of the molecule is C=CCc1ccc(OCCn2c(C3CC(=O)N(C)C3)nc3ccccc32)c(OC)c1. The van der Waals surface area contributed by atoms with E-state index in [9.17, 15) is 4.79 Å². The molecule has 0 bridgehead atoms. The quantitative estimate of drug-likeness (QED) is 0.535. The summed E-state index contributed by atoms with van der Waals surface area (Å²) in [4.78, 5) is 18.7. The van der Waals surface area contributed by atoms with Gasteiger partial charge in [0.2, 0.25) is 5.91 Å². The van der Waals surface area contributed by atoms with E-state index in [1.165, 1.54) is 0 Å². The first-order chi connectivity index (χ1) is 14.6. The number of methoxy groups -OCH3 is 1. The molecule has 0 radical (unpaired) electrons. The largest absolute Gasteiger partial charge is 0.493 e. The average molecular weight is 405 g/mol. The molecule has 1 saturated heterocycles. The van der Waals surface area contributed by atoms with Crippen LogP contribution >= 0.6 is 0 Å². The number of para-hydroxylation sites is 2. The van der Waals surface area contributed by atoms with E-state index in [-0.39, 0.29) is 11.8 Å². The van der Waals surface area contributed by atoms with Crippen LogP contribution in [0.2, 0.25) is 0 Å². The summed E-state index contributed by atoms with van der Waals surface area (Å²) in [5.74, 6) is 2.65. The lowest BCUT2D eigenvalue weighted by Crippen LogP contribution is -2.19. The smallest absolute Gasteiger partial charge is 0.223 e. The Morgan fingerprint density at radius 2 is 2.07 bits per heavy atom. The highest BCUT2D eigenvalue weighted by atomic mass is 16.5. The van der Waals surface area contributed by atoms with Crippen molar-refractivity contribution >= 4 is 16.9 Å². The van der Waals surface area contributed by atoms with E-state index < -0.39 is 0 Å². The molecule has 1 amide bonds. The third-order valence-corrected chi connectivity index (χ3v) is 5.57. The van der Waals surface area contributed by atoms with E-state index in [2.05, 4.69) is 17.2 Å². The molecule has 1 aliphatic heterocycles. The van der Waals surface area contributed by atoms with Crippen LogP contribution in [0.3, 0.4) is 0 Å². The summed E-state index contributed by atoms with van der Waals surface area (Å²) in [6.45, 7) is 5.59. The Morgan fingerprint density at radius 1 is 1.23 bits per heavy atom. The normalized spacial score (nSPS) is 16.3. The molecule has 156 valence electrons. The zero-order valence-electron chi connectivity index (χ0n) is 17.5. The number of rotatable bonds is 8. The number of hydrogen-bond donors (Lipinski definition) is 0. The van der Waals surface area contributed by atoms with Crippen LogP contribution in [0.25, 0.3) is 11.0 Å². The summed E-state index contributed by atoms with van der Waals surface area (Å²) in [5.41, 5.74) is 3.14. The summed E-state index contributed by atoms with van der Waals surface area (Å²) < 4.78 is 13.7. The van der Waals surface area contributed by atoms with Crippen molar-refractivity contribution in [3.05, 3.63) is 66.5 Å². The zero-order valence-corrected chi connectivity index (χ0v) is 17.5. The summed E-state index contributed by atoms with van der Waals surface area (Å²) in [6.07, 6.45) is 3.15. The number of ether oxygens (including phenoxy) is 2. The Hall–Kier alpha value is -3.28. The van der Waals surface area contributed by atoms with E-state index in [4.69, 9.17) is 14.5 Å². The molecule has 6 heteroatoms. The van der Waals surface area contributed by atoms with Crippen molar-refractivity contribution in [2.75, 3.05) is 27.3 Å². The van der Waals surface area contributed by atoms with E-state index in [1.807, 2.05) is 49.5 Å².